The number of pyridine rings is 1. The maximum Gasteiger partial charge on any atom is 0.227 e. The van der Waals surface area contributed by atoms with Crippen LogP contribution in [0.5, 0.6) is 0 Å². The van der Waals surface area contributed by atoms with Gasteiger partial charge in [-0.3, -0.25) is 9.78 Å². The lowest BCUT2D eigenvalue weighted by molar-refractivity contribution is -0.139. The van der Waals surface area contributed by atoms with Crippen molar-refractivity contribution in [2.75, 3.05) is 32.8 Å². The van der Waals surface area contributed by atoms with Crippen LogP contribution in [0.2, 0.25) is 0 Å². The third kappa shape index (κ3) is 4.18. The van der Waals surface area contributed by atoms with Gasteiger partial charge in [0.25, 0.3) is 0 Å². The zero-order valence-corrected chi connectivity index (χ0v) is 19.5. The summed E-state index contributed by atoms with van der Waals surface area (Å²) in [6.07, 6.45) is 8.35. The number of rotatable bonds is 5. The molecule has 5 rings (SSSR count). The van der Waals surface area contributed by atoms with Gasteiger partial charge in [0.2, 0.25) is 5.91 Å². The van der Waals surface area contributed by atoms with E-state index < -0.39 is 0 Å². The molecular weight excluding hydrogens is 406 g/mol. The summed E-state index contributed by atoms with van der Waals surface area (Å²) in [5, 5.41) is 0. The van der Waals surface area contributed by atoms with Crippen LogP contribution in [0.15, 0.2) is 30.6 Å². The Bertz CT molecular complexity index is 924. The summed E-state index contributed by atoms with van der Waals surface area (Å²) in [5.74, 6) is 0.828. The highest BCUT2D eigenvalue weighted by molar-refractivity contribution is 7.12. The number of carbonyl (C=O) groups excluding carboxylic acids is 1. The third-order valence-corrected chi connectivity index (χ3v) is 8.70. The molecule has 0 aliphatic carbocycles. The zero-order chi connectivity index (χ0) is 21.4. The zero-order valence-electron chi connectivity index (χ0n) is 18.7. The van der Waals surface area contributed by atoms with E-state index in [-0.39, 0.29) is 11.5 Å². The number of amides is 1. The number of piperidine rings is 1. The number of hydrogen-bond donors (Lipinski definition) is 0. The van der Waals surface area contributed by atoms with Gasteiger partial charge in [-0.25, -0.2) is 0 Å². The Balaban J connectivity index is 1.14. The summed E-state index contributed by atoms with van der Waals surface area (Å²) in [7, 11) is 0. The number of thiophene rings is 1. The van der Waals surface area contributed by atoms with Crippen molar-refractivity contribution < 1.29 is 9.53 Å². The topological polar surface area (TPSA) is 45.7 Å². The van der Waals surface area contributed by atoms with Gasteiger partial charge in [0.1, 0.15) is 0 Å². The van der Waals surface area contributed by atoms with E-state index in [4.69, 9.17) is 4.74 Å². The first-order valence-corrected chi connectivity index (χ1v) is 12.5. The fourth-order valence-electron chi connectivity index (χ4n) is 5.55. The van der Waals surface area contributed by atoms with Crippen LogP contribution in [0.1, 0.15) is 47.6 Å². The summed E-state index contributed by atoms with van der Waals surface area (Å²) in [5.41, 5.74) is 2.47. The lowest BCUT2D eigenvalue weighted by Gasteiger charge is -2.49. The average molecular weight is 440 g/mol. The van der Waals surface area contributed by atoms with E-state index in [9.17, 15) is 4.79 Å². The first kappa shape index (κ1) is 21.1. The molecule has 5 heterocycles. The number of likely N-dealkylation sites (tertiary alicyclic amines) is 2. The van der Waals surface area contributed by atoms with E-state index in [0.29, 0.717) is 18.4 Å². The minimum Gasteiger partial charge on any atom is -0.370 e. The molecule has 2 atom stereocenters. The quantitative estimate of drug-likeness (QED) is 0.713. The molecule has 3 aliphatic heterocycles. The number of ether oxygens (including phenoxy) is 1. The molecule has 0 radical (unpaired) electrons. The van der Waals surface area contributed by atoms with Gasteiger partial charge in [-0.15, -0.1) is 11.3 Å². The fraction of sp³-hybridized carbons (Fsp3) is 0.600. The SMILES string of the molecule is CCc1cc2c(s1)CCOC21CCN(CC2CN(C(=O)Cc3ccncc3)C2)[C@@H](C)C1. The molecule has 2 aromatic rings. The number of carbonyl (C=O) groups is 1. The molecule has 31 heavy (non-hydrogen) atoms. The number of aryl methyl sites for hydroxylation is 1. The van der Waals surface area contributed by atoms with Crippen LogP contribution in [-0.2, 0) is 34.4 Å². The minimum absolute atomic E-state index is 0.0699. The summed E-state index contributed by atoms with van der Waals surface area (Å²) < 4.78 is 6.48. The van der Waals surface area contributed by atoms with Gasteiger partial charge >= 0.3 is 0 Å². The van der Waals surface area contributed by atoms with Crippen LogP contribution in [0.4, 0.5) is 0 Å². The van der Waals surface area contributed by atoms with Crippen molar-refractivity contribution in [2.45, 2.75) is 57.6 Å². The number of fused-ring (bicyclic) bond motifs is 2. The van der Waals surface area contributed by atoms with Crippen LogP contribution in [-0.4, -0.2) is 59.5 Å². The lowest BCUT2D eigenvalue weighted by atomic mass is 9.79. The molecule has 1 spiro atoms. The van der Waals surface area contributed by atoms with Crippen molar-refractivity contribution in [1.82, 2.24) is 14.8 Å². The van der Waals surface area contributed by atoms with Gasteiger partial charge in [0, 0.05) is 66.7 Å². The third-order valence-electron chi connectivity index (χ3n) is 7.37. The Morgan fingerprint density at radius 3 is 2.87 bits per heavy atom. The lowest BCUT2D eigenvalue weighted by Crippen LogP contribution is -2.57. The summed E-state index contributed by atoms with van der Waals surface area (Å²) in [4.78, 5) is 24.2. The van der Waals surface area contributed by atoms with Crippen molar-refractivity contribution >= 4 is 17.2 Å². The van der Waals surface area contributed by atoms with Gasteiger partial charge in [0.15, 0.2) is 0 Å². The number of nitrogens with zero attached hydrogens (tertiary/aromatic N) is 3. The van der Waals surface area contributed by atoms with E-state index in [1.54, 1.807) is 17.3 Å². The maximum absolute atomic E-state index is 12.5. The van der Waals surface area contributed by atoms with Crippen LogP contribution < -0.4 is 0 Å². The molecule has 0 saturated carbocycles. The van der Waals surface area contributed by atoms with Crippen LogP contribution >= 0.6 is 11.3 Å². The first-order chi connectivity index (χ1) is 15.1. The largest absolute Gasteiger partial charge is 0.370 e. The van der Waals surface area contributed by atoms with Gasteiger partial charge in [-0.1, -0.05) is 6.92 Å². The molecule has 0 aromatic carbocycles. The molecule has 1 unspecified atom stereocenters. The second kappa shape index (κ2) is 8.64. The Labute approximate surface area is 189 Å². The molecule has 3 aliphatic rings. The molecule has 0 N–H and O–H groups in total. The Morgan fingerprint density at radius 2 is 2.13 bits per heavy atom. The number of aromatic nitrogens is 1. The molecule has 6 heteroatoms. The van der Waals surface area contributed by atoms with Crippen molar-refractivity contribution in [1.29, 1.82) is 0 Å². The second-order valence-electron chi connectivity index (χ2n) is 9.49. The molecule has 0 bridgehead atoms. The van der Waals surface area contributed by atoms with Crippen LogP contribution in [0, 0.1) is 5.92 Å². The Hall–Kier alpha value is -1.76. The normalized spacial score (nSPS) is 26.6. The molecule has 2 saturated heterocycles. The highest BCUT2D eigenvalue weighted by Crippen LogP contribution is 2.46. The van der Waals surface area contributed by atoms with Gasteiger partial charge in [0.05, 0.1) is 18.6 Å². The predicted molar refractivity (Wildman–Crippen MR) is 123 cm³/mol. The molecule has 2 aromatic heterocycles. The summed E-state index contributed by atoms with van der Waals surface area (Å²) >= 11 is 2.00. The van der Waals surface area contributed by atoms with E-state index in [2.05, 4.69) is 29.8 Å². The standard InChI is InChI=1S/C25H33N3O2S/c1-3-21-13-22-23(31-21)6-11-30-25(22)7-10-27(18(2)14-25)15-20-16-28(17-20)24(29)12-19-4-8-26-9-5-19/h4-5,8-9,13,18,20H,3,6-7,10-12,14-17H2,1-2H3/t18-,25?/m0/s1. The summed E-state index contributed by atoms with van der Waals surface area (Å²) in [6.45, 7) is 9.43. The van der Waals surface area contributed by atoms with Gasteiger partial charge in [-0.05, 0) is 55.5 Å². The number of hydrogen-bond acceptors (Lipinski definition) is 5. The van der Waals surface area contributed by atoms with Crippen LogP contribution in [0.25, 0.3) is 0 Å². The van der Waals surface area contributed by atoms with E-state index in [0.717, 1.165) is 64.0 Å². The van der Waals surface area contributed by atoms with Crippen molar-refractivity contribution in [3.05, 3.63) is 51.5 Å². The monoisotopic (exact) mass is 439 g/mol. The second-order valence-corrected chi connectivity index (χ2v) is 10.7. The molecule has 5 nitrogen and oxygen atoms in total. The predicted octanol–water partition coefficient (Wildman–Crippen LogP) is 3.66. The van der Waals surface area contributed by atoms with E-state index in [1.165, 1.54) is 10.4 Å². The maximum atomic E-state index is 12.5. The van der Waals surface area contributed by atoms with E-state index in [1.807, 2.05) is 28.4 Å². The van der Waals surface area contributed by atoms with Crippen molar-refractivity contribution in [3.63, 3.8) is 0 Å². The first-order valence-electron chi connectivity index (χ1n) is 11.7. The Kier molecular flexibility index (Phi) is 5.88. The molecule has 166 valence electrons. The highest BCUT2D eigenvalue weighted by atomic mass is 32.1. The van der Waals surface area contributed by atoms with E-state index >= 15 is 0 Å². The van der Waals surface area contributed by atoms with Gasteiger partial charge < -0.3 is 14.5 Å². The smallest absolute Gasteiger partial charge is 0.227 e. The highest BCUT2D eigenvalue weighted by Gasteiger charge is 2.45. The van der Waals surface area contributed by atoms with Crippen molar-refractivity contribution in [2.24, 2.45) is 5.92 Å². The summed E-state index contributed by atoms with van der Waals surface area (Å²) in [6, 6.07) is 6.79. The minimum atomic E-state index is -0.0699. The van der Waals surface area contributed by atoms with Crippen LogP contribution in [0.3, 0.4) is 0 Å². The average Bonchev–Trinajstić information content (AvgIpc) is 3.18. The fourth-order valence-corrected chi connectivity index (χ4v) is 6.73. The molecule has 1 amide bonds. The molecule has 2 fully saturated rings. The Morgan fingerprint density at radius 1 is 1.32 bits per heavy atom. The van der Waals surface area contributed by atoms with Crippen molar-refractivity contribution in [3.8, 4) is 0 Å². The van der Waals surface area contributed by atoms with Gasteiger partial charge in [-0.2, -0.15) is 0 Å². The molecular formula is C25H33N3O2S.